The van der Waals surface area contributed by atoms with Crippen molar-refractivity contribution in [3.8, 4) is 0 Å². The van der Waals surface area contributed by atoms with Crippen LogP contribution in [0.4, 0.5) is 5.69 Å². The summed E-state index contributed by atoms with van der Waals surface area (Å²) in [5.74, 6) is 0. The van der Waals surface area contributed by atoms with E-state index in [4.69, 9.17) is 5.73 Å². The number of anilines is 1. The molecule has 1 aromatic carbocycles. The molecule has 1 aliphatic rings. The van der Waals surface area contributed by atoms with Gasteiger partial charge in [-0.25, -0.2) is 0 Å². The van der Waals surface area contributed by atoms with Crippen LogP contribution < -0.4 is 11.1 Å². The molecular formula is C14H22N2. The van der Waals surface area contributed by atoms with E-state index in [-0.39, 0.29) is 0 Å². The largest absolute Gasteiger partial charge is 0.399 e. The molecule has 1 saturated carbocycles. The van der Waals surface area contributed by atoms with Crippen molar-refractivity contribution in [3.63, 3.8) is 0 Å². The average Bonchev–Trinajstić information content (AvgIpc) is 2.55. The minimum Gasteiger partial charge on any atom is -0.399 e. The molecule has 0 aliphatic heterocycles. The Hall–Kier alpha value is -1.02. The summed E-state index contributed by atoms with van der Waals surface area (Å²) in [6.45, 7) is 0.954. The molecule has 0 saturated heterocycles. The molecule has 2 heteroatoms. The fourth-order valence-electron chi connectivity index (χ4n) is 2.45. The topological polar surface area (TPSA) is 38.0 Å². The highest BCUT2D eigenvalue weighted by Crippen LogP contribution is 2.17. The maximum Gasteiger partial charge on any atom is 0.0317 e. The SMILES string of the molecule is Nc1cccc(CNC2CCCCCC2)c1. The van der Waals surface area contributed by atoms with Crippen molar-refractivity contribution >= 4 is 5.69 Å². The Labute approximate surface area is 98.2 Å². The van der Waals surface area contributed by atoms with Gasteiger partial charge in [-0.2, -0.15) is 0 Å². The lowest BCUT2D eigenvalue weighted by Gasteiger charge is -2.16. The number of nitrogen functional groups attached to an aromatic ring is 1. The van der Waals surface area contributed by atoms with Crippen LogP contribution in [0.2, 0.25) is 0 Å². The second-order valence-electron chi connectivity index (χ2n) is 4.81. The first-order chi connectivity index (χ1) is 7.84. The van der Waals surface area contributed by atoms with E-state index in [9.17, 15) is 0 Å². The molecule has 88 valence electrons. The number of nitrogens with two attached hydrogens (primary N) is 1. The molecule has 0 spiro atoms. The van der Waals surface area contributed by atoms with E-state index in [0.29, 0.717) is 6.04 Å². The van der Waals surface area contributed by atoms with Crippen molar-refractivity contribution in [3.05, 3.63) is 29.8 Å². The lowest BCUT2D eigenvalue weighted by molar-refractivity contribution is 0.459. The van der Waals surface area contributed by atoms with E-state index in [1.54, 1.807) is 0 Å². The van der Waals surface area contributed by atoms with Gasteiger partial charge in [-0.15, -0.1) is 0 Å². The molecular weight excluding hydrogens is 196 g/mol. The van der Waals surface area contributed by atoms with Gasteiger partial charge in [-0.3, -0.25) is 0 Å². The Morgan fingerprint density at radius 3 is 2.56 bits per heavy atom. The Balaban J connectivity index is 1.81. The number of hydrogen-bond acceptors (Lipinski definition) is 2. The molecule has 1 fully saturated rings. The van der Waals surface area contributed by atoms with Crippen molar-refractivity contribution in [1.82, 2.24) is 5.32 Å². The second-order valence-corrected chi connectivity index (χ2v) is 4.81. The van der Waals surface area contributed by atoms with Gasteiger partial charge in [0, 0.05) is 18.3 Å². The van der Waals surface area contributed by atoms with Crippen molar-refractivity contribution in [1.29, 1.82) is 0 Å². The van der Waals surface area contributed by atoms with Crippen molar-refractivity contribution in [2.24, 2.45) is 0 Å². The molecule has 0 unspecified atom stereocenters. The van der Waals surface area contributed by atoms with Gasteiger partial charge in [0.05, 0.1) is 0 Å². The third kappa shape index (κ3) is 3.53. The van der Waals surface area contributed by atoms with Gasteiger partial charge in [0.2, 0.25) is 0 Å². The molecule has 2 rings (SSSR count). The van der Waals surface area contributed by atoms with Gasteiger partial charge in [0.15, 0.2) is 0 Å². The molecule has 16 heavy (non-hydrogen) atoms. The van der Waals surface area contributed by atoms with Crippen LogP contribution in [0.15, 0.2) is 24.3 Å². The van der Waals surface area contributed by atoms with Crippen LogP contribution in [0.1, 0.15) is 44.1 Å². The van der Waals surface area contributed by atoms with Gasteiger partial charge in [-0.05, 0) is 30.5 Å². The highest BCUT2D eigenvalue weighted by molar-refractivity contribution is 5.40. The molecule has 0 heterocycles. The van der Waals surface area contributed by atoms with E-state index >= 15 is 0 Å². The molecule has 2 nitrogen and oxygen atoms in total. The molecule has 1 aromatic rings. The molecule has 0 bridgehead atoms. The fraction of sp³-hybridized carbons (Fsp3) is 0.571. The summed E-state index contributed by atoms with van der Waals surface area (Å²) in [6.07, 6.45) is 8.26. The van der Waals surface area contributed by atoms with Crippen LogP contribution in [0, 0.1) is 0 Å². The van der Waals surface area contributed by atoms with E-state index < -0.39 is 0 Å². The number of nitrogens with one attached hydrogen (secondary N) is 1. The van der Waals surface area contributed by atoms with Crippen molar-refractivity contribution in [2.45, 2.75) is 51.1 Å². The average molecular weight is 218 g/mol. The van der Waals surface area contributed by atoms with Crippen LogP contribution in [0.3, 0.4) is 0 Å². The predicted molar refractivity (Wildman–Crippen MR) is 69.2 cm³/mol. The molecule has 3 N–H and O–H groups in total. The molecule has 0 radical (unpaired) electrons. The Bertz CT molecular complexity index is 314. The summed E-state index contributed by atoms with van der Waals surface area (Å²) in [7, 11) is 0. The van der Waals surface area contributed by atoms with Gasteiger partial charge in [0.25, 0.3) is 0 Å². The number of benzene rings is 1. The minimum atomic E-state index is 0.712. The van der Waals surface area contributed by atoms with Crippen molar-refractivity contribution in [2.75, 3.05) is 5.73 Å². The summed E-state index contributed by atoms with van der Waals surface area (Å²) in [5.41, 5.74) is 7.92. The van der Waals surface area contributed by atoms with Gasteiger partial charge in [0.1, 0.15) is 0 Å². The minimum absolute atomic E-state index is 0.712. The van der Waals surface area contributed by atoms with Gasteiger partial charge >= 0.3 is 0 Å². The summed E-state index contributed by atoms with van der Waals surface area (Å²) in [5, 5.41) is 3.65. The van der Waals surface area contributed by atoms with Gasteiger partial charge < -0.3 is 11.1 Å². The maximum absolute atomic E-state index is 5.76. The highest BCUT2D eigenvalue weighted by Gasteiger charge is 2.10. The monoisotopic (exact) mass is 218 g/mol. The highest BCUT2D eigenvalue weighted by atomic mass is 14.9. The van der Waals surface area contributed by atoms with E-state index in [1.165, 1.54) is 44.1 Å². The molecule has 1 aliphatic carbocycles. The van der Waals surface area contributed by atoms with E-state index in [2.05, 4.69) is 17.4 Å². The maximum atomic E-state index is 5.76. The zero-order chi connectivity index (χ0) is 11.2. The smallest absolute Gasteiger partial charge is 0.0317 e. The Morgan fingerprint density at radius 2 is 1.88 bits per heavy atom. The fourth-order valence-corrected chi connectivity index (χ4v) is 2.45. The lowest BCUT2D eigenvalue weighted by Crippen LogP contribution is -2.27. The summed E-state index contributed by atoms with van der Waals surface area (Å²) in [4.78, 5) is 0. The molecule has 0 amide bonds. The Morgan fingerprint density at radius 1 is 1.12 bits per heavy atom. The Kier molecular flexibility index (Phi) is 4.23. The van der Waals surface area contributed by atoms with Crippen LogP contribution >= 0.6 is 0 Å². The van der Waals surface area contributed by atoms with Gasteiger partial charge in [-0.1, -0.05) is 37.8 Å². The van der Waals surface area contributed by atoms with Crippen LogP contribution in [0.25, 0.3) is 0 Å². The predicted octanol–water partition coefficient (Wildman–Crippen LogP) is 3.08. The third-order valence-corrected chi connectivity index (χ3v) is 3.40. The molecule has 0 aromatic heterocycles. The van der Waals surface area contributed by atoms with Crippen LogP contribution in [0.5, 0.6) is 0 Å². The number of hydrogen-bond donors (Lipinski definition) is 2. The van der Waals surface area contributed by atoms with Crippen LogP contribution in [-0.2, 0) is 6.54 Å². The zero-order valence-corrected chi connectivity index (χ0v) is 9.91. The summed E-state index contributed by atoms with van der Waals surface area (Å²) < 4.78 is 0. The zero-order valence-electron chi connectivity index (χ0n) is 9.91. The summed E-state index contributed by atoms with van der Waals surface area (Å²) >= 11 is 0. The normalized spacial score (nSPS) is 18.2. The standard InChI is InChI=1S/C14H22N2/c15-13-7-5-6-12(10-13)11-16-14-8-3-1-2-4-9-14/h5-7,10,14,16H,1-4,8-9,11,15H2. The van der Waals surface area contributed by atoms with E-state index in [1.807, 2.05) is 12.1 Å². The van der Waals surface area contributed by atoms with Crippen molar-refractivity contribution < 1.29 is 0 Å². The first-order valence-electron chi connectivity index (χ1n) is 6.42. The third-order valence-electron chi connectivity index (χ3n) is 3.40. The quantitative estimate of drug-likeness (QED) is 0.604. The second kappa shape index (κ2) is 5.90. The lowest BCUT2D eigenvalue weighted by atomic mass is 10.1. The first-order valence-corrected chi connectivity index (χ1v) is 6.42. The first kappa shape index (κ1) is 11.5. The van der Waals surface area contributed by atoms with Crippen LogP contribution in [-0.4, -0.2) is 6.04 Å². The van der Waals surface area contributed by atoms with E-state index in [0.717, 1.165) is 12.2 Å². The summed E-state index contributed by atoms with van der Waals surface area (Å²) in [6, 6.07) is 8.88. The molecule has 0 atom stereocenters. The number of rotatable bonds is 3.